The zero-order valence-electron chi connectivity index (χ0n) is 8.36. The lowest BCUT2D eigenvalue weighted by atomic mass is 10.4. The SMILES string of the molecule is C=CC#N.CC(=O)O.CCCC(=O)O. The summed E-state index contributed by atoms with van der Waals surface area (Å²) in [6.07, 6.45) is 2.20. The number of hydrogen-bond donors (Lipinski definition) is 2. The van der Waals surface area contributed by atoms with E-state index in [1.165, 1.54) is 6.08 Å². The summed E-state index contributed by atoms with van der Waals surface area (Å²) >= 11 is 0. The van der Waals surface area contributed by atoms with Gasteiger partial charge in [-0.05, 0) is 6.42 Å². The van der Waals surface area contributed by atoms with Crippen LogP contribution < -0.4 is 0 Å². The molecule has 0 spiro atoms. The van der Waals surface area contributed by atoms with Crippen LogP contribution >= 0.6 is 0 Å². The second-order valence-corrected chi connectivity index (χ2v) is 2.00. The van der Waals surface area contributed by atoms with Crippen molar-refractivity contribution >= 4 is 11.9 Å². The molecule has 0 fully saturated rings. The predicted octanol–water partition coefficient (Wildman–Crippen LogP) is 1.66. The molecule has 5 nitrogen and oxygen atoms in total. The van der Waals surface area contributed by atoms with Gasteiger partial charge in [0.1, 0.15) is 0 Å². The standard InChI is InChI=1S/C4H8O2.C3H3N.C2H4O2/c1-2-3-4(5)6;1-2-3-4;1-2(3)4/h2-3H2,1H3,(H,5,6);2H,1H2;1H3,(H,3,4). The van der Waals surface area contributed by atoms with E-state index in [4.69, 9.17) is 20.3 Å². The van der Waals surface area contributed by atoms with Crippen molar-refractivity contribution in [2.75, 3.05) is 0 Å². The van der Waals surface area contributed by atoms with Gasteiger partial charge in [0.25, 0.3) is 5.97 Å². The molecule has 0 saturated carbocycles. The highest BCUT2D eigenvalue weighted by molar-refractivity contribution is 5.66. The second kappa shape index (κ2) is 17.3. The number of carboxylic acids is 2. The minimum atomic E-state index is -0.833. The smallest absolute Gasteiger partial charge is 0.303 e. The number of aliphatic carboxylic acids is 2. The Kier molecular flexibility index (Phi) is 22.3. The third-order valence-electron chi connectivity index (χ3n) is 0.555. The minimum Gasteiger partial charge on any atom is -0.481 e. The van der Waals surface area contributed by atoms with Crippen molar-refractivity contribution in [1.82, 2.24) is 0 Å². The van der Waals surface area contributed by atoms with Crippen molar-refractivity contribution in [3.8, 4) is 6.07 Å². The number of allylic oxidation sites excluding steroid dienone is 1. The molecule has 14 heavy (non-hydrogen) atoms. The molecule has 0 aromatic heterocycles. The summed E-state index contributed by atoms with van der Waals surface area (Å²) in [7, 11) is 0. The van der Waals surface area contributed by atoms with Gasteiger partial charge in [-0.25, -0.2) is 0 Å². The van der Waals surface area contributed by atoms with Crippen molar-refractivity contribution < 1.29 is 19.8 Å². The molecule has 0 heterocycles. The zero-order valence-corrected chi connectivity index (χ0v) is 8.36. The van der Waals surface area contributed by atoms with Crippen LogP contribution in [-0.2, 0) is 9.59 Å². The molecule has 80 valence electrons. The topological polar surface area (TPSA) is 98.4 Å². The van der Waals surface area contributed by atoms with E-state index in [-0.39, 0.29) is 0 Å². The Morgan fingerprint density at radius 3 is 1.79 bits per heavy atom. The third-order valence-corrected chi connectivity index (χ3v) is 0.555. The lowest BCUT2D eigenvalue weighted by Gasteiger charge is -1.79. The molecule has 0 amide bonds. The summed E-state index contributed by atoms with van der Waals surface area (Å²) in [5.74, 6) is -1.54. The molecule has 0 aromatic rings. The first-order valence-corrected chi connectivity index (χ1v) is 3.84. The molecule has 0 bridgehead atoms. The van der Waals surface area contributed by atoms with Gasteiger partial charge in [0.05, 0.1) is 6.07 Å². The van der Waals surface area contributed by atoms with Gasteiger partial charge in [0.2, 0.25) is 0 Å². The number of nitrogens with zero attached hydrogens (tertiary/aromatic N) is 1. The van der Waals surface area contributed by atoms with Crippen LogP contribution in [0.15, 0.2) is 12.7 Å². The number of nitriles is 1. The monoisotopic (exact) mass is 201 g/mol. The van der Waals surface area contributed by atoms with Crippen LogP contribution in [-0.4, -0.2) is 22.2 Å². The fourth-order valence-electron chi connectivity index (χ4n) is 0.214. The van der Waals surface area contributed by atoms with E-state index < -0.39 is 11.9 Å². The van der Waals surface area contributed by atoms with Crippen LogP contribution in [0.3, 0.4) is 0 Å². The van der Waals surface area contributed by atoms with Gasteiger partial charge in [0, 0.05) is 19.4 Å². The maximum atomic E-state index is 9.60. The van der Waals surface area contributed by atoms with Crippen LogP contribution in [0.2, 0.25) is 0 Å². The number of carboxylic acid groups (broad SMARTS) is 2. The Morgan fingerprint density at radius 2 is 1.79 bits per heavy atom. The molecule has 0 unspecified atom stereocenters. The van der Waals surface area contributed by atoms with Gasteiger partial charge in [-0.3, -0.25) is 9.59 Å². The first-order chi connectivity index (χ1) is 6.42. The number of hydrogen-bond acceptors (Lipinski definition) is 3. The van der Waals surface area contributed by atoms with Gasteiger partial charge in [-0.15, -0.1) is 0 Å². The molecule has 0 aliphatic rings. The highest BCUT2D eigenvalue weighted by Crippen LogP contribution is 1.82. The average molecular weight is 201 g/mol. The van der Waals surface area contributed by atoms with Crippen LogP contribution in [0.1, 0.15) is 26.7 Å². The van der Waals surface area contributed by atoms with E-state index in [1.54, 1.807) is 6.07 Å². The lowest BCUT2D eigenvalue weighted by Crippen LogP contribution is -1.90. The summed E-state index contributed by atoms with van der Waals surface area (Å²) < 4.78 is 0. The van der Waals surface area contributed by atoms with E-state index in [0.717, 1.165) is 13.3 Å². The molecule has 0 radical (unpaired) electrons. The fraction of sp³-hybridized carbons (Fsp3) is 0.444. The van der Waals surface area contributed by atoms with Gasteiger partial charge in [0.15, 0.2) is 0 Å². The van der Waals surface area contributed by atoms with Crippen LogP contribution in [0.5, 0.6) is 0 Å². The Balaban J connectivity index is -0.000000135. The van der Waals surface area contributed by atoms with Crippen LogP contribution in [0.4, 0.5) is 0 Å². The maximum absolute atomic E-state index is 9.60. The quantitative estimate of drug-likeness (QED) is 0.662. The van der Waals surface area contributed by atoms with E-state index in [1.807, 2.05) is 6.92 Å². The van der Waals surface area contributed by atoms with Crippen molar-refractivity contribution in [3.05, 3.63) is 12.7 Å². The van der Waals surface area contributed by atoms with Crippen molar-refractivity contribution in [3.63, 3.8) is 0 Å². The highest BCUT2D eigenvalue weighted by Gasteiger charge is 1.87. The summed E-state index contributed by atoms with van der Waals surface area (Å²) in [5, 5.41) is 22.8. The first-order valence-electron chi connectivity index (χ1n) is 3.84. The average Bonchev–Trinajstić information content (AvgIpc) is 2.03. The number of rotatable bonds is 2. The molecule has 0 rings (SSSR count). The largest absolute Gasteiger partial charge is 0.481 e. The zero-order chi connectivity index (χ0) is 12.0. The molecule has 2 N–H and O–H groups in total. The lowest BCUT2D eigenvalue weighted by molar-refractivity contribution is -0.137. The predicted molar refractivity (Wildman–Crippen MR) is 51.7 cm³/mol. The van der Waals surface area contributed by atoms with Crippen molar-refractivity contribution in [2.24, 2.45) is 0 Å². The van der Waals surface area contributed by atoms with Crippen LogP contribution in [0, 0.1) is 11.3 Å². The molecule has 0 aliphatic heterocycles. The molecular formula is C9H15NO4. The molecule has 0 atom stereocenters. The van der Waals surface area contributed by atoms with E-state index in [9.17, 15) is 4.79 Å². The Labute approximate surface area is 83.3 Å². The Bertz CT molecular complexity index is 201. The highest BCUT2D eigenvalue weighted by atomic mass is 16.4. The second-order valence-electron chi connectivity index (χ2n) is 2.00. The van der Waals surface area contributed by atoms with E-state index >= 15 is 0 Å². The summed E-state index contributed by atoms with van der Waals surface area (Å²) in [5.41, 5.74) is 0. The van der Waals surface area contributed by atoms with E-state index in [0.29, 0.717) is 6.42 Å². The Morgan fingerprint density at radius 1 is 1.50 bits per heavy atom. The minimum absolute atomic E-state index is 0.292. The third kappa shape index (κ3) is 182. The van der Waals surface area contributed by atoms with Crippen LogP contribution in [0.25, 0.3) is 0 Å². The first kappa shape index (κ1) is 18.1. The van der Waals surface area contributed by atoms with Gasteiger partial charge < -0.3 is 10.2 Å². The number of carbonyl (C=O) groups is 2. The van der Waals surface area contributed by atoms with Gasteiger partial charge in [-0.2, -0.15) is 5.26 Å². The summed E-state index contributed by atoms with van der Waals surface area (Å²) in [6.45, 7) is 6.04. The van der Waals surface area contributed by atoms with E-state index in [2.05, 4.69) is 6.58 Å². The van der Waals surface area contributed by atoms with Gasteiger partial charge >= 0.3 is 5.97 Å². The van der Waals surface area contributed by atoms with Gasteiger partial charge in [-0.1, -0.05) is 13.5 Å². The fourth-order valence-corrected chi connectivity index (χ4v) is 0.214. The molecule has 0 aliphatic carbocycles. The molecule has 0 saturated heterocycles. The van der Waals surface area contributed by atoms with Crippen molar-refractivity contribution in [2.45, 2.75) is 26.7 Å². The maximum Gasteiger partial charge on any atom is 0.303 e. The molecular weight excluding hydrogens is 186 g/mol. The normalized spacial score (nSPS) is 6.36. The van der Waals surface area contributed by atoms with Crippen molar-refractivity contribution in [1.29, 1.82) is 5.26 Å². The summed E-state index contributed by atoms with van der Waals surface area (Å²) in [4.78, 5) is 18.6. The molecule has 0 aromatic carbocycles. The Hall–Kier alpha value is -1.83. The summed E-state index contributed by atoms with van der Waals surface area (Å²) in [6, 6.07) is 1.69. The molecule has 5 heteroatoms.